The standard InChI is InChI=1S/BrH.ClHO4.Co.5H2N/c;2-1(3,4)5;;;;;;/h1H;(H,2,3,4,5);;5*1H2/q;;+7;5*-1/p-2. The zero-order chi connectivity index (χ0) is 10.6. The van der Waals surface area contributed by atoms with Crippen LogP contribution in [0.2, 0.25) is 0 Å². The Hall–Kier alpha value is 0.916. The molecule has 0 radical (unpaired) electrons. The second-order valence-corrected chi connectivity index (χ2v) is 16.9. The average Bonchev–Trinajstić information content (AvgIpc) is 1.02. The van der Waals surface area contributed by atoms with Gasteiger partial charge in [0.1, 0.15) is 0 Å². The SMILES string of the molecule is [NH2][Co]([NH2])([NH2])([NH2])([NH2])([Br])[O][Cl+3]([O-])([O-])[O-]. The zero-order valence-corrected chi connectivity index (χ0v) is 8.99. The molecule has 0 atom stereocenters. The summed E-state index contributed by atoms with van der Waals surface area (Å²) in [4.78, 5) is 24.5. The number of rotatable bonds is 2. The fraction of sp³-hybridized carbons (Fsp3) is 0. The number of hydrogen-bond acceptors (Lipinski definition) is 9. The third-order valence-electron chi connectivity index (χ3n) is 0.231. The molecule has 0 aromatic heterocycles. The Kier molecular flexibility index (Phi) is 1.83. The molecule has 0 saturated heterocycles. The normalized spacial score (nSPS) is 23.6. The van der Waals surface area contributed by atoms with Crippen LogP contribution in [0.1, 0.15) is 0 Å². The molecule has 12 heavy (non-hydrogen) atoms. The van der Waals surface area contributed by atoms with Gasteiger partial charge in [-0.05, 0) is 0 Å². The van der Waals surface area contributed by atoms with Crippen molar-refractivity contribution in [3.05, 3.63) is 0 Å². The Morgan fingerprint density at radius 2 is 1.25 bits per heavy atom. The zero-order valence-electron chi connectivity index (χ0n) is 5.61. The van der Waals surface area contributed by atoms with Crippen LogP contribution in [-0.2, 0) is 12.5 Å². The Labute approximate surface area is 74.9 Å². The van der Waals surface area contributed by atoms with Gasteiger partial charge in [0.15, 0.2) is 0 Å². The van der Waals surface area contributed by atoms with Crippen molar-refractivity contribution in [2.45, 2.75) is 0 Å². The summed E-state index contributed by atoms with van der Waals surface area (Å²) in [6.07, 6.45) is 0. The van der Waals surface area contributed by atoms with E-state index in [9.17, 15) is 14.0 Å². The van der Waals surface area contributed by atoms with E-state index >= 15 is 0 Å². The molecule has 0 amide bonds. The van der Waals surface area contributed by atoms with Crippen molar-refractivity contribution in [2.75, 3.05) is 0 Å². The molecule has 0 unspecified atom stereocenters. The van der Waals surface area contributed by atoms with Gasteiger partial charge in [-0.15, -0.1) is 0 Å². The molecule has 0 aliphatic rings. The summed E-state index contributed by atoms with van der Waals surface area (Å²) >= 11 is 2.14. The van der Waals surface area contributed by atoms with E-state index in [2.05, 4.69) is 17.6 Å². The summed E-state index contributed by atoms with van der Waals surface area (Å²) in [7, 11) is -11.6. The fourth-order valence-corrected chi connectivity index (χ4v) is 3.78. The van der Waals surface area contributed by atoms with E-state index in [1.165, 1.54) is 0 Å². The Balaban J connectivity index is 5.18. The van der Waals surface area contributed by atoms with Crippen LogP contribution in [0, 0.1) is 10.2 Å². The van der Waals surface area contributed by atoms with E-state index in [4.69, 9.17) is 23.9 Å². The first-order valence-corrected chi connectivity index (χ1v) is 9.08. The van der Waals surface area contributed by atoms with Gasteiger partial charge < -0.3 is 0 Å². The van der Waals surface area contributed by atoms with Crippen LogP contribution in [0.25, 0.3) is 0 Å². The van der Waals surface area contributed by atoms with Crippen LogP contribution in [0.4, 0.5) is 0 Å². The van der Waals surface area contributed by atoms with Gasteiger partial charge in [-0.2, -0.15) is 0 Å². The van der Waals surface area contributed by atoms with Gasteiger partial charge in [-0.3, -0.25) is 0 Å². The molecule has 0 fully saturated rings. The minimum absolute atomic E-state index is 2.14. The van der Waals surface area contributed by atoms with Crippen molar-refractivity contribution in [3.63, 3.8) is 0 Å². The van der Waals surface area contributed by atoms with Gasteiger partial charge >= 0.3 is 74.8 Å². The Morgan fingerprint density at radius 3 is 1.25 bits per heavy atom. The summed E-state index contributed by atoms with van der Waals surface area (Å²) in [6.45, 7) is 0. The Morgan fingerprint density at radius 1 is 1.00 bits per heavy atom. The van der Waals surface area contributed by atoms with Crippen LogP contribution in [0.15, 0.2) is 0 Å². The van der Waals surface area contributed by atoms with Crippen LogP contribution >= 0.6 is 14.2 Å². The van der Waals surface area contributed by atoms with Crippen molar-refractivity contribution in [2.24, 2.45) is 23.9 Å². The van der Waals surface area contributed by atoms with Crippen molar-refractivity contribution >= 4 is 14.2 Å². The van der Waals surface area contributed by atoms with Gasteiger partial charge in [0.05, 0.1) is 0 Å². The molecule has 0 aromatic rings. The Bertz CT molecular complexity index is 209. The number of hydrogen-bond donors (Lipinski definition) is 5. The summed E-state index contributed by atoms with van der Waals surface area (Å²) in [5, 5.41) is 0. The van der Waals surface area contributed by atoms with E-state index in [1.807, 2.05) is 0 Å². The second kappa shape index (κ2) is 1.70. The first kappa shape index (κ1) is 12.9. The van der Waals surface area contributed by atoms with Crippen molar-refractivity contribution < 1.29 is 36.7 Å². The predicted octanol–water partition coefficient (Wildman–Crippen LogP) is -5.75. The van der Waals surface area contributed by atoms with Crippen molar-refractivity contribution in [3.8, 4) is 0 Å². The van der Waals surface area contributed by atoms with Crippen molar-refractivity contribution in [1.29, 1.82) is 0 Å². The quantitative estimate of drug-likeness (QED) is 0.328. The molecular weight excluding hydrogens is 308 g/mol. The monoisotopic (exact) mass is 317 g/mol. The number of nitrogens with two attached hydrogens (primary N) is 5. The third-order valence-corrected chi connectivity index (χ3v) is 3.87. The topological polar surface area (TPSA) is 209 Å². The van der Waals surface area contributed by atoms with Gasteiger partial charge in [0.25, 0.3) is 0 Å². The van der Waals surface area contributed by atoms with Gasteiger partial charge in [0.2, 0.25) is 0 Å². The maximum absolute atomic E-state index is 10.1. The minimum atomic E-state index is -6.57. The van der Waals surface area contributed by atoms with Gasteiger partial charge in [0, 0.05) is 0 Å². The van der Waals surface area contributed by atoms with Crippen molar-refractivity contribution in [1.82, 2.24) is 0 Å². The van der Waals surface area contributed by atoms with Gasteiger partial charge in [-0.1, -0.05) is 0 Å². The molecule has 0 aromatic carbocycles. The summed E-state index contributed by atoms with van der Waals surface area (Å²) in [5.41, 5.74) is 0. The van der Waals surface area contributed by atoms with Gasteiger partial charge in [-0.25, -0.2) is 0 Å². The van der Waals surface area contributed by atoms with E-state index in [0.29, 0.717) is 0 Å². The van der Waals surface area contributed by atoms with Crippen LogP contribution in [-0.4, -0.2) is 0 Å². The molecule has 0 rings (SSSR count). The average molecular weight is 318 g/mol. The molecule has 0 aliphatic carbocycles. The third kappa shape index (κ3) is 10.9. The van der Waals surface area contributed by atoms with E-state index in [0.717, 1.165) is 0 Å². The molecule has 0 spiro atoms. The molecule has 82 valence electrons. The van der Waals surface area contributed by atoms with Crippen LogP contribution in [0.3, 0.4) is 0 Å². The second-order valence-electron chi connectivity index (χ2n) is 2.35. The van der Waals surface area contributed by atoms with Crippen LogP contribution in [0.5, 0.6) is 0 Å². The molecule has 12 heteroatoms. The first-order chi connectivity index (χ1) is 4.39. The predicted molar refractivity (Wildman–Crippen MR) is 30.9 cm³/mol. The van der Waals surface area contributed by atoms with E-state index < -0.39 is 19.3 Å². The molecule has 10 N–H and O–H groups in total. The van der Waals surface area contributed by atoms with Crippen LogP contribution < -0.4 is 37.9 Å². The fourth-order valence-electron chi connectivity index (χ4n) is 0.206. The molecule has 0 aliphatic heterocycles. The molecule has 0 bridgehead atoms. The summed E-state index contributed by atoms with van der Waals surface area (Å²) in [5.74, 6) is 0. The molecular formula is H10BrClCoN5O4. The molecule has 0 saturated carbocycles. The maximum atomic E-state index is 10.1. The first-order valence-electron chi connectivity index (χ1n) is 1.84. The summed E-state index contributed by atoms with van der Waals surface area (Å²) in [6, 6.07) is 0. The molecule has 9 nitrogen and oxygen atoms in total. The van der Waals surface area contributed by atoms with E-state index in [1.54, 1.807) is 0 Å². The number of halogens is 2. The molecule has 0 heterocycles. The van der Waals surface area contributed by atoms with E-state index in [-0.39, 0.29) is 0 Å². The summed E-state index contributed by atoms with van der Waals surface area (Å²) < 4.78 is 33.7.